The van der Waals surface area contributed by atoms with Gasteiger partial charge in [0, 0.05) is 11.6 Å². The molecule has 33 heavy (non-hydrogen) atoms. The van der Waals surface area contributed by atoms with Crippen LogP contribution in [0.3, 0.4) is 0 Å². The second kappa shape index (κ2) is 7.83. The van der Waals surface area contributed by atoms with Gasteiger partial charge in [0.25, 0.3) is 11.5 Å². The molecule has 0 saturated carbocycles. The van der Waals surface area contributed by atoms with E-state index in [2.05, 4.69) is 25.5 Å². The number of aromatic amines is 1. The van der Waals surface area contributed by atoms with Crippen LogP contribution in [0.5, 0.6) is 0 Å². The van der Waals surface area contributed by atoms with E-state index in [4.69, 9.17) is 0 Å². The second-order valence-electron chi connectivity index (χ2n) is 7.56. The highest BCUT2D eigenvalue weighted by Crippen LogP contribution is 2.19. The summed E-state index contributed by atoms with van der Waals surface area (Å²) in [4.78, 5) is 32.7. The fraction of sp³-hybridized carbons (Fsp3) is 0.0870. The Bertz CT molecular complexity index is 1550. The molecule has 0 spiro atoms. The highest BCUT2D eigenvalue weighted by Gasteiger charge is 2.17. The first-order valence-corrected chi connectivity index (χ1v) is 10.1. The van der Waals surface area contributed by atoms with Crippen LogP contribution in [0, 0.1) is 19.7 Å². The second-order valence-corrected chi connectivity index (χ2v) is 7.56. The van der Waals surface area contributed by atoms with Crippen molar-refractivity contribution in [2.24, 2.45) is 0 Å². The summed E-state index contributed by atoms with van der Waals surface area (Å²) in [5, 5.41) is 11.7. The third-order valence-corrected chi connectivity index (χ3v) is 5.08. The van der Waals surface area contributed by atoms with Crippen LogP contribution < -0.4 is 10.9 Å². The van der Waals surface area contributed by atoms with Crippen LogP contribution in [-0.2, 0) is 0 Å². The van der Waals surface area contributed by atoms with E-state index < -0.39 is 17.3 Å². The first-order valence-electron chi connectivity index (χ1n) is 10.1. The molecule has 9 nitrogen and oxygen atoms in total. The molecule has 0 bridgehead atoms. The summed E-state index contributed by atoms with van der Waals surface area (Å²) in [7, 11) is 0. The molecule has 10 heteroatoms. The summed E-state index contributed by atoms with van der Waals surface area (Å²) >= 11 is 0. The number of aromatic nitrogens is 6. The summed E-state index contributed by atoms with van der Waals surface area (Å²) in [5.74, 6) is -0.480. The standard InChI is InChI=1S/C23H18FN7O2/c1-13-3-9-17(10-4-13)30-20-18(12-25-30)22(33)28-23(27-20)31-19(11-14(2)29-31)26-21(32)15-5-7-16(24)8-6-15/h3-12H,1-2H3,(H,26,32)(H,27,28,33). The number of hydrogen-bond acceptors (Lipinski definition) is 5. The number of amides is 1. The van der Waals surface area contributed by atoms with Crippen molar-refractivity contribution in [3.8, 4) is 11.6 Å². The third kappa shape index (κ3) is 3.78. The molecule has 0 atom stereocenters. The Balaban J connectivity index is 1.58. The topological polar surface area (TPSA) is 110 Å². The number of carbonyl (C=O) groups excluding carboxylic acids is 1. The molecule has 2 aromatic carbocycles. The van der Waals surface area contributed by atoms with Crippen LogP contribution in [0.25, 0.3) is 22.7 Å². The molecular weight excluding hydrogens is 425 g/mol. The van der Waals surface area contributed by atoms with Gasteiger partial charge >= 0.3 is 0 Å². The zero-order valence-electron chi connectivity index (χ0n) is 17.7. The molecular formula is C23H18FN7O2. The van der Waals surface area contributed by atoms with Crippen LogP contribution >= 0.6 is 0 Å². The predicted octanol–water partition coefficient (Wildman–Crippen LogP) is 3.30. The van der Waals surface area contributed by atoms with Crippen LogP contribution in [0.15, 0.2) is 65.6 Å². The molecule has 5 aromatic rings. The van der Waals surface area contributed by atoms with Gasteiger partial charge in [0.1, 0.15) is 17.0 Å². The van der Waals surface area contributed by atoms with Gasteiger partial charge in [0.05, 0.1) is 17.6 Å². The van der Waals surface area contributed by atoms with Gasteiger partial charge in [-0.25, -0.2) is 9.07 Å². The molecule has 164 valence electrons. The smallest absolute Gasteiger partial charge is 0.263 e. The highest BCUT2D eigenvalue weighted by atomic mass is 19.1. The van der Waals surface area contributed by atoms with Crippen LogP contribution in [0.1, 0.15) is 21.6 Å². The van der Waals surface area contributed by atoms with E-state index >= 15 is 0 Å². The van der Waals surface area contributed by atoms with Gasteiger partial charge in [0.15, 0.2) is 5.65 Å². The highest BCUT2D eigenvalue weighted by molar-refractivity contribution is 6.03. The average Bonchev–Trinajstić information content (AvgIpc) is 3.38. The van der Waals surface area contributed by atoms with Crippen molar-refractivity contribution in [3.05, 3.63) is 93.8 Å². The van der Waals surface area contributed by atoms with Crippen LogP contribution in [0.4, 0.5) is 10.2 Å². The van der Waals surface area contributed by atoms with Crippen molar-refractivity contribution in [3.63, 3.8) is 0 Å². The van der Waals surface area contributed by atoms with Crippen molar-refractivity contribution >= 4 is 22.8 Å². The van der Waals surface area contributed by atoms with E-state index in [9.17, 15) is 14.0 Å². The SMILES string of the molecule is Cc1ccc(-n2ncc3c(=O)[nH]c(-n4nc(C)cc4NC(=O)c4ccc(F)cc4)nc32)cc1. The molecule has 0 aliphatic heterocycles. The number of aryl methyl sites for hydroxylation is 2. The van der Waals surface area contributed by atoms with Gasteiger partial charge in [-0.05, 0) is 50.2 Å². The first kappa shape index (κ1) is 20.3. The largest absolute Gasteiger partial charge is 0.306 e. The van der Waals surface area contributed by atoms with Gasteiger partial charge in [0.2, 0.25) is 5.95 Å². The minimum Gasteiger partial charge on any atom is -0.306 e. The summed E-state index contributed by atoms with van der Waals surface area (Å²) < 4.78 is 16.1. The van der Waals surface area contributed by atoms with Crippen molar-refractivity contribution in [2.75, 3.05) is 5.32 Å². The number of carbonyl (C=O) groups is 1. The van der Waals surface area contributed by atoms with Gasteiger partial charge in [-0.3, -0.25) is 14.6 Å². The zero-order valence-corrected chi connectivity index (χ0v) is 17.7. The number of anilines is 1. The maximum atomic E-state index is 13.2. The fourth-order valence-electron chi connectivity index (χ4n) is 3.42. The molecule has 0 saturated heterocycles. The summed E-state index contributed by atoms with van der Waals surface area (Å²) in [6.07, 6.45) is 1.45. The number of rotatable bonds is 4. The fourth-order valence-corrected chi connectivity index (χ4v) is 3.42. The molecule has 3 aromatic heterocycles. The normalized spacial score (nSPS) is 11.1. The summed E-state index contributed by atoms with van der Waals surface area (Å²) in [6.45, 7) is 3.73. The maximum Gasteiger partial charge on any atom is 0.263 e. The average molecular weight is 443 g/mol. The lowest BCUT2D eigenvalue weighted by atomic mass is 10.2. The van der Waals surface area contributed by atoms with E-state index in [1.165, 1.54) is 35.1 Å². The Hall–Kier alpha value is -4.60. The maximum absolute atomic E-state index is 13.2. The number of benzene rings is 2. The molecule has 2 N–H and O–H groups in total. The van der Waals surface area contributed by atoms with Crippen molar-refractivity contribution in [1.82, 2.24) is 29.5 Å². The van der Waals surface area contributed by atoms with E-state index in [1.54, 1.807) is 17.7 Å². The molecule has 3 heterocycles. The minimum absolute atomic E-state index is 0.115. The Kier molecular flexibility index (Phi) is 4.82. The quantitative estimate of drug-likeness (QED) is 0.443. The minimum atomic E-state index is -0.454. The van der Waals surface area contributed by atoms with Crippen molar-refractivity contribution < 1.29 is 9.18 Å². The predicted molar refractivity (Wildman–Crippen MR) is 120 cm³/mol. The van der Waals surface area contributed by atoms with Crippen LogP contribution in [0.2, 0.25) is 0 Å². The lowest BCUT2D eigenvalue weighted by Gasteiger charge is -2.09. The Morgan fingerprint density at radius 2 is 1.76 bits per heavy atom. The van der Waals surface area contributed by atoms with E-state index in [-0.39, 0.29) is 11.5 Å². The van der Waals surface area contributed by atoms with E-state index in [0.717, 1.165) is 11.3 Å². The number of halogens is 1. The van der Waals surface area contributed by atoms with Gasteiger partial charge in [-0.2, -0.15) is 19.9 Å². The van der Waals surface area contributed by atoms with Gasteiger partial charge in [-0.15, -0.1) is 0 Å². The molecule has 0 aliphatic carbocycles. The van der Waals surface area contributed by atoms with Gasteiger partial charge in [-0.1, -0.05) is 17.7 Å². The molecule has 0 fully saturated rings. The molecule has 0 radical (unpaired) electrons. The van der Waals surface area contributed by atoms with E-state index in [1.807, 2.05) is 31.2 Å². The lowest BCUT2D eigenvalue weighted by molar-refractivity contribution is 0.102. The molecule has 0 aliphatic rings. The number of nitrogens with zero attached hydrogens (tertiary/aromatic N) is 5. The molecule has 0 unspecified atom stereocenters. The summed E-state index contributed by atoms with van der Waals surface area (Å²) in [6, 6.07) is 14.5. The zero-order chi connectivity index (χ0) is 23.1. The lowest BCUT2D eigenvalue weighted by Crippen LogP contribution is -2.19. The first-order chi connectivity index (χ1) is 15.9. The van der Waals surface area contributed by atoms with Gasteiger partial charge < -0.3 is 5.32 Å². The monoisotopic (exact) mass is 443 g/mol. The van der Waals surface area contributed by atoms with Crippen molar-refractivity contribution in [1.29, 1.82) is 0 Å². The number of fused-ring (bicyclic) bond motifs is 1. The Morgan fingerprint density at radius 3 is 2.48 bits per heavy atom. The number of nitrogens with one attached hydrogen (secondary N) is 2. The Labute approximate surface area is 186 Å². The number of hydrogen-bond donors (Lipinski definition) is 2. The Morgan fingerprint density at radius 1 is 1.03 bits per heavy atom. The molecule has 1 amide bonds. The van der Waals surface area contributed by atoms with E-state index in [0.29, 0.717) is 22.5 Å². The van der Waals surface area contributed by atoms with Crippen molar-refractivity contribution in [2.45, 2.75) is 13.8 Å². The third-order valence-electron chi connectivity index (χ3n) is 5.08. The summed E-state index contributed by atoms with van der Waals surface area (Å²) in [5.41, 5.74) is 2.67. The molecule has 5 rings (SSSR count). The number of H-pyrrole nitrogens is 1. The van der Waals surface area contributed by atoms with Crippen LogP contribution in [-0.4, -0.2) is 35.4 Å².